The van der Waals surface area contributed by atoms with Crippen molar-refractivity contribution in [2.24, 2.45) is 0 Å². The van der Waals surface area contributed by atoms with Gasteiger partial charge in [0, 0.05) is 17.7 Å². The van der Waals surface area contributed by atoms with E-state index in [9.17, 15) is 14.7 Å². The molecule has 1 aromatic carbocycles. The van der Waals surface area contributed by atoms with E-state index in [2.05, 4.69) is 19.6 Å². The predicted molar refractivity (Wildman–Crippen MR) is 128 cm³/mol. The lowest BCUT2D eigenvalue weighted by molar-refractivity contribution is -0.147. The number of aryl methyl sites for hydroxylation is 1. The summed E-state index contributed by atoms with van der Waals surface area (Å²) in [5, 5.41) is 9.05. The van der Waals surface area contributed by atoms with Gasteiger partial charge in [-0.15, -0.1) is 11.3 Å². The Morgan fingerprint density at radius 2 is 1.87 bits per heavy atom. The van der Waals surface area contributed by atoms with Crippen LogP contribution in [0.4, 0.5) is 0 Å². The van der Waals surface area contributed by atoms with Crippen LogP contribution in [0.25, 0.3) is 0 Å². The Kier molecular flexibility index (Phi) is 7.89. The molecule has 2 rings (SSSR count). The summed E-state index contributed by atoms with van der Waals surface area (Å²) in [5.41, 5.74) is 2.73. The van der Waals surface area contributed by atoms with E-state index in [1.807, 2.05) is 45.0 Å². The minimum atomic E-state index is -2.18. The van der Waals surface area contributed by atoms with Crippen LogP contribution in [0.2, 0.25) is 24.7 Å². The lowest BCUT2D eigenvalue weighted by atomic mass is 9.83. The van der Waals surface area contributed by atoms with E-state index in [-0.39, 0.29) is 24.3 Å². The van der Waals surface area contributed by atoms with Crippen molar-refractivity contribution in [2.75, 3.05) is 13.7 Å². The number of ketones is 1. The summed E-state index contributed by atoms with van der Waals surface area (Å²) in [6.45, 7) is 14.0. The standard InChI is InChI=1S/C24H34O5SSi/c1-9-29-23(27)24(4,31(6,7)8)21(17-11-10-15(2)18(12-17)14-25)20-13-19(28-5)22(30-20)16(3)26/h10-13,21,25H,9,14H2,1-8H3. The SMILES string of the molecule is CCOC(=O)C(C)(C(c1ccc(C)c(CO)c1)c1cc(OC)c(C(C)=O)s1)[Si](C)(C)C. The first-order valence-electron chi connectivity index (χ1n) is 10.5. The average molecular weight is 463 g/mol. The minimum absolute atomic E-state index is 0.0716. The van der Waals surface area contributed by atoms with Crippen LogP contribution in [0.1, 0.15) is 57.9 Å². The topological polar surface area (TPSA) is 72.8 Å². The summed E-state index contributed by atoms with van der Waals surface area (Å²) in [6, 6.07) is 7.83. The van der Waals surface area contributed by atoms with E-state index >= 15 is 0 Å². The van der Waals surface area contributed by atoms with Gasteiger partial charge in [0.1, 0.15) is 10.6 Å². The minimum Gasteiger partial charge on any atom is -0.495 e. The zero-order valence-electron chi connectivity index (χ0n) is 19.8. The van der Waals surface area contributed by atoms with Crippen LogP contribution in [0.5, 0.6) is 5.75 Å². The van der Waals surface area contributed by atoms with Crippen molar-refractivity contribution < 1.29 is 24.2 Å². The number of thiophene rings is 1. The van der Waals surface area contributed by atoms with Crippen LogP contribution >= 0.6 is 11.3 Å². The summed E-state index contributed by atoms with van der Waals surface area (Å²) >= 11 is 1.37. The molecule has 0 saturated carbocycles. The second kappa shape index (κ2) is 9.67. The first-order valence-corrected chi connectivity index (χ1v) is 14.8. The molecular formula is C24H34O5SSi. The average Bonchev–Trinajstić information content (AvgIpc) is 3.12. The Hall–Kier alpha value is -1.96. The molecule has 7 heteroatoms. The molecule has 0 aliphatic carbocycles. The third kappa shape index (κ3) is 4.78. The molecule has 1 aromatic heterocycles. The quantitative estimate of drug-likeness (QED) is 0.300. The summed E-state index contributed by atoms with van der Waals surface area (Å²) in [6.07, 6.45) is 0. The molecule has 2 aromatic rings. The molecule has 31 heavy (non-hydrogen) atoms. The lowest BCUT2D eigenvalue weighted by Gasteiger charge is -2.44. The van der Waals surface area contributed by atoms with Crippen molar-refractivity contribution >= 4 is 31.2 Å². The molecule has 0 aliphatic heterocycles. The molecule has 1 heterocycles. The molecule has 0 spiro atoms. The zero-order valence-corrected chi connectivity index (χ0v) is 21.6. The molecule has 2 atom stereocenters. The van der Waals surface area contributed by atoms with Crippen LogP contribution in [0.3, 0.4) is 0 Å². The van der Waals surface area contributed by atoms with Crippen molar-refractivity contribution in [3.05, 3.63) is 50.7 Å². The van der Waals surface area contributed by atoms with Crippen LogP contribution in [0.15, 0.2) is 24.3 Å². The summed E-state index contributed by atoms with van der Waals surface area (Å²) in [5.74, 6) is -0.121. The monoisotopic (exact) mass is 462 g/mol. The van der Waals surface area contributed by atoms with Gasteiger partial charge in [-0.25, -0.2) is 0 Å². The number of ether oxygens (including phenoxy) is 2. The Labute approximate surface area is 190 Å². The number of esters is 1. The Bertz CT molecular complexity index is 959. The molecule has 170 valence electrons. The number of hydrogen-bond acceptors (Lipinski definition) is 6. The molecule has 0 fully saturated rings. The number of hydrogen-bond donors (Lipinski definition) is 1. The fourth-order valence-electron chi connectivity index (χ4n) is 3.89. The molecule has 0 aliphatic rings. The fourth-order valence-corrected chi connectivity index (χ4v) is 7.15. The first-order chi connectivity index (χ1) is 14.4. The van der Waals surface area contributed by atoms with Gasteiger partial charge in [0.25, 0.3) is 0 Å². The number of methoxy groups -OCH3 is 1. The van der Waals surface area contributed by atoms with Crippen molar-refractivity contribution in [3.63, 3.8) is 0 Å². The Balaban J connectivity index is 2.88. The van der Waals surface area contributed by atoms with Crippen molar-refractivity contribution in [1.29, 1.82) is 0 Å². The second-order valence-corrected chi connectivity index (χ2v) is 15.7. The highest BCUT2D eigenvalue weighted by Crippen LogP contribution is 2.56. The third-order valence-electron chi connectivity index (χ3n) is 6.25. The molecule has 1 N–H and O–H groups in total. The van der Waals surface area contributed by atoms with Gasteiger partial charge in [-0.3, -0.25) is 9.59 Å². The highest BCUT2D eigenvalue weighted by Gasteiger charge is 2.54. The summed E-state index contributed by atoms with van der Waals surface area (Å²) < 4.78 is 11.1. The van der Waals surface area contributed by atoms with Crippen molar-refractivity contribution in [2.45, 2.75) is 64.9 Å². The van der Waals surface area contributed by atoms with E-state index in [1.54, 1.807) is 7.11 Å². The Morgan fingerprint density at radius 3 is 2.32 bits per heavy atom. The fraction of sp³-hybridized carbons (Fsp3) is 0.500. The second-order valence-electron chi connectivity index (χ2n) is 9.05. The van der Waals surface area contributed by atoms with E-state index in [1.165, 1.54) is 18.3 Å². The van der Waals surface area contributed by atoms with Gasteiger partial charge >= 0.3 is 5.97 Å². The van der Waals surface area contributed by atoms with Gasteiger partial charge in [0.15, 0.2) is 5.78 Å². The molecule has 0 amide bonds. The first kappa shape index (κ1) is 25.3. The smallest absolute Gasteiger partial charge is 0.309 e. The zero-order chi connectivity index (χ0) is 23.6. The molecule has 0 radical (unpaired) electrons. The number of aliphatic hydroxyl groups is 1. The van der Waals surface area contributed by atoms with Gasteiger partial charge in [0.2, 0.25) is 0 Å². The molecule has 5 nitrogen and oxygen atoms in total. The number of Topliss-reactive ketones (excluding diaryl/α,β-unsaturated/α-hetero) is 1. The van der Waals surface area contributed by atoms with E-state index in [0.29, 0.717) is 17.2 Å². The van der Waals surface area contributed by atoms with E-state index in [4.69, 9.17) is 9.47 Å². The molecule has 0 saturated heterocycles. The highest BCUT2D eigenvalue weighted by molar-refractivity contribution is 7.14. The van der Waals surface area contributed by atoms with Gasteiger partial charge < -0.3 is 14.6 Å². The number of aliphatic hydroxyl groups excluding tert-OH is 1. The number of carbonyl (C=O) groups excluding carboxylic acids is 2. The molecule has 0 bridgehead atoms. The van der Waals surface area contributed by atoms with E-state index < -0.39 is 13.1 Å². The van der Waals surface area contributed by atoms with Crippen LogP contribution in [-0.4, -0.2) is 38.6 Å². The van der Waals surface area contributed by atoms with Crippen molar-refractivity contribution in [3.8, 4) is 5.75 Å². The number of benzene rings is 1. The van der Waals surface area contributed by atoms with Crippen LogP contribution in [-0.2, 0) is 16.1 Å². The number of carbonyl (C=O) groups is 2. The molecular weight excluding hydrogens is 428 g/mol. The van der Waals surface area contributed by atoms with Crippen LogP contribution in [0, 0.1) is 6.92 Å². The lowest BCUT2D eigenvalue weighted by Crippen LogP contribution is -2.48. The van der Waals surface area contributed by atoms with Gasteiger partial charge in [-0.1, -0.05) is 44.8 Å². The van der Waals surface area contributed by atoms with E-state index in [0.717, 1.165) is 21.6 Å². The summed E-state index contributed by atoms with van der Waals surface area (Å²) in [4.78, 5) is 27.1. The molecule has 2 unspecified atom stereocenters. The van der Waals surface area contributed by atoms with Crippen molar-refractivity contribution in [1.82, 2.24) is 0 Å². The van der Waals surface area contributed by atoms with Crippen LogP contribution < -0.4 is 4.74 Å². The predicted octanol–water partition coefficient (Wildman–Crippen LogP) is 5.55. The Morgan fingerprint density at radius 1 is 1.23 bits per heavy atom. The third-order valence-corrected chi connectivity index (χ3v) is 11.1. The highest BCUT2D eigenvalue weighted by atomic mass is 32.1. The maximum absolute atomic E-state index is 13.5. The largest absolute Gasteiger partial charge is 0.495 e. The maximum atomic E-state index is 13.5. The van der Waals surface area contributed by atoms with Gasteiger partial charge in [-0.05, 0) is 36.6 Å². The normalized spacial score (nSPS) is 14.6. The maximum Gasteiger partial charge on any atom is 0.309 e. The number of rotatable bonds is 9. The van der Waals surface area contributed by atoms with Gasteiger partial charge in [-0.2, -0.15) is 0 Å². The van der Waals surface area contributed by atoms with Gasteiger partial charge in [0.05, 0.1) is 33.4 Å². The summed E-state index contributed by atoms with van der Waals surface area (Å²) in [7, 11) is -0.635.